The SMILES string of the molecule is CCC.O=CC1=CCC=CC=C1. The Morgan fingerprint density at radius 1 is 1.42 bits per heavy atom. The van der Waals surface area contributed by atoms with E-state index < -0.39 is 0 Å². The zero-order chi connectivity index (χ0) is 9.23. The van der Waals surface area contributed by atoms with Gasteiger partial charge in [-0.3, -0.25) is 4.79 Å². The zero-order valence-corrected chi connectivity index (χ0v) is 7.79. The van der Waals surface area contributed by atoms with Gasteiger partial charge in [0.05, 0.1) is 0 Å². The molecule has 1 rings (SSSR count). The van der Waals surface area contributed by atoms with Crippen LogP contribution in [-0.2, 0) is 4.79 Å². The Labute approximate surface area is 74.5 Å². The predicted molar refractivity (Wildman–Crippen MR) is 53.0 cm³/mol. The Balaban J connectivity index is 0.000000354. The lowest BCUT2D eigenvalue weighted by Crippen LogP contribution is -1.75. The molecule has 12 heavy (non-hydrogen) atoms. The highest BCUT2D eigenvalue weighted by atomic mass is 16.1. The van der Waals surface area contributed by atoms with Crippen molar-refractivity contribution in [3.8, 4) is 0 Å². The maximum absolute atomic E-state index is 10.2. The molecule has 0 unspecified atom stereocenters. The van der Waals surface area contributed by atoms with E-state index in [1.807, 2.05) is 24.3 Å². The maximum atomic E-state index is 10.2. The minimum atomic E-state index is 0.764. The van der Waals surface area contributed by atoms with Crippen molar-refractivity contribution in [1.29, 1.82) is 0 Å². The molecule has 0 aromatic carbocycles. The van der Waals surface area contributed by atoms with Crippen LogP contribution in [0.1, 0.15) is 26.7 Å². The molecule has 1 heteroatoms. The van der Waals surface area contributed by atoms with Crippen molar-refractivity contribution in [3.63, 3.8) is 0 Å². The zero-order valence-electron chi connectivity index (χ0n) is 7.79. The summed E-state index contributed by atoms with van der Waals surface area (Å²) in [6.45, 7) is 4.25. The lowest BCUT2D eigenvalue weighted by Gasteiger charge is -1.81. The van der Waals surface area contributed by atoms with Crippen LogP contribution in [0.4, 0.5) is 0 Å². The molecule has 1 aliphatic rings. The van der Waals surface area contributed by atoms with Crippen LogP contribution in [0.3, 0.4) is 0 Å². The van der Waals surface area contributed by atoms with Crippen molar-refractivity contribution >= 4 is 6.29 Å². The molecule has 0 N–H and O–H groups in total. The third-order valence-corrected chi connectivity index (χ3v) is 1.16. The summed E-state index contributed by atoms with van der Waals surface area (Å²) in [6.07, 6.45) is 12.5. The van der Waals surface area contributed by atoms with E-state index in [1.54, 1.807) is 6.08 Å². The molecule has 0 heterocycles. The molecule has 0 atom stereocenters. The van der Waals surface area contributed by atoms with Crippen LogP contribution in [0.25, 0.3) is 0 Å². The molecule has 0 fully saturated rings. The first-order valence-electron chi connectivity index (χ1n) is 4.33. The highest BCUT2D eigenvalue weighted by Crippen LogP contribution is 2.00. The number of aldehydes is 1. The molecule has 1 aliphatic carbocycles. The molecule has 1 nitrogen and oxygen atoms in total. The van der Waals surface area contributed by atoms with Crippen LogP contribution in [0.15, 0.2) is 36.0 Å². The van der Waals surface area contributed by atoms with Gasteiger partial charge < -0.3 is 0 Å². The van der Waals surface area contributed by atoms with E-state index in [-0.39, 0.29) is 0 Å². The molecule has 0 saturated heterocycles. The van der Waals surface area contributed by atoms with Gasteiger partial charge in [0.15, 0.2) is 0 Å². The van der Waals surface area contributed by atoms with E-state index in [0.29, 0.717) is 0 Å². The van der Waals surface area contributed by atoms with Crippen molar-refractivity contribution < 1.29 is 4.79 Å². The van der Waals surface area contributed by atoms with Gasteiger partial charge in [-0.2, -0.15) is 0 Å². The molecule has 0 aromatic heterocycles. The number of carbonyl (C=O) groups is 1. The maximum Gasteiger partial charge on any atom is 0.149 e. The number of rotatable bonds is 1. The summed E-state index contributed by atoms with van der Waals surface area (Å²) >= 11 is 0. The van der Waals surface area contributed by atoms with Gasteiger partial charge in [0.1, 0.15) is 6.29 Å². The minimum Gasteiger partial charge on any atom is -0.298 e. The summed E-state index contributed by atoms with van der Waals surface area (Å²) in [5, 5.41) is 0. The first kappa shape index (κ1) is 10.9. The van der Waals surface area contributed by atoms with Crippen LogP contribution < -0.4 is 0 Å². The summed E-state index contributed by atoms with van der Waals surface area (Å²) in [4.78, 5) is 10.2. The fourth-order valence-corrected chi connectivity index (χ4v) is 0.683. The molecular weight excluding hydrogens is 148 g/mol. The Kier molecular flexibility index (Phi) is 7.25. The normalized spacial score (nSPS) is 14.0. The van der Waals surface area contributed by atoms with Crippen LogP contribution in [0.2, 0.25) is 0 Å². The summed E-state index contributed by atoms with van der Waals surface area (Å²) < 4.78 is 0. The Morgan fingerprint density at radius 3 is 2.67 bits per heavy atom. The molecule has 66 valence electrons. The minimum absolute atomic E-state index is 0.764. The Hall–Kier alpha value is -1.11. The fourth-order valence-electron chi connectivity index (χ4n) is 0.683. The fraction of sp³-hybridized carbons (Fsp3) is 0.364. The second-order valence-corrected chi connectivity index (χ2v) is 2.55. The number of hydrogen-bond donors (Lipinski definition) is 0. The van der Waals surface area contributed by atoms with E-state index >= 15 is 0 Å². The van der Waals surface area contributed by atoms with Crippen LogP contribution >= 0.6 is 0 Å². The number of carbonyl (C=O) groups excluding carboxylic acids is 1. The molecule has 0 bridgehead atoms. The summed E-state index contributed by atoms with van der Waals surface area (Å²) in [7, 11) is 0. The third-order valence-electron chi connectivity index (χ3n) is 1.16. The van der Waals surface area contributed by atoms with E-state index in [1.165, 1.54) is 6.42 Å². The number of allylic oxidation sites excluding steroid dienone is 6. The quantitative estimate of drug-likeness (QED) is 0.544. The Morgan fingerprint density at radius 2 is 2.08 bits per heavy atom. The van der Waals surface area contributed by atoms with Gasteiger partial charge in [0.2, 0.25) is 0 Å². The third kappa shape index (κ3) is 5.66. The van der Waals surface area contributed by atoms with Gasteiger partial charge in [0.25, 0.3) is 0 Å². The van der Waals surface area contributed by atoms with Gasteiger partial charge >= 0.3 is 0 Å². The smallest absolute Gasteiger partial charge is 0.149 e. The van der Waals surface area contributed by atoms with Crippen LogP contribution in [0, 0.1) is 0 Å². The predicted octanol–water partition coefficient (Wildman–Crippen LogP) is 3.04. The highest BCUT2D eigenvalue weighted by Gasteiger charge is 1.87. The molecule has 0 aromatic rings. The van der Waals surface area contributed by atoms with E-state index in [9.17, 15) is 4.79 Å². The standard InChI is InChI=1S/C8H8O.C3H8/c9-7-8-5-3-1-2-4-6-8;1-3-2/h1-3,5-7H,4H2;3H2,1-2H3. The van der Waals surface area contributed by atoms with Gasteiger partial charge in [-0.05, 0) is 6.42 Å². The summed E-state index contributed by atoms with van der Waals surface area (Å²) in [6, 6.07) is 0. The van der Waals surface area contributed by atoms with Crippen molar-refractivity contribution in [3.05, 3.63) is 36.0 Å². The van der Waals surface area contributed by atoms with E-state index in [4.69, 9.17) is 0 Å². The molecule has 0 spiro atoms. The largest absolute Gasteiger partial charge is 0.298 e. The molecule has 0 amide bonds. The average Bonchev–Trinajstić information content (AvgIpc) is 2.33. The van der Waals surface area contributed by atoms with Crippen molar-refractivity contribution in [1.82, 2.24) is 0 Å². The lowest BCUT2D eigenvalue weighted by atomic mass is 10.2. The van der Waals surface area contributed by atoms with Crippen molar-refractivity contribution in [2.45, 2.75) is 26.7 Å². The van der Waals surface area contributed by atoms with Crippen LogP contribution in [0.5, 0.6) is 0 Å². The van der Waals surface area contributed by atoms with Gasteiger partial charge in [-0.25, -0.2) is 0 Å². The summed E-state index contributed by atoms with van der Waals surface area (Å²) in [5.74, 6) is 0. The topological polar surface area (TPSA) is 17.1 Å². The van der Waals surface area contributed by atoms with Crippen LogP contribution in [-0.4, -0.2) is 6.29 Å². The van der Waals surface area contributed by atoms with Crippen molar-refractivity contribution in [2.75, 3.05) is 0 Å². The second kappa shape index (κ2) is 7.99. The molecular formula is C11H16O. The van der Waals surface area contributed by atoms with Gasteiger partial charge in [0, 0.05) is 5.57 Å². The Bertz CT molecular complexity index is 197. The average molecular weight is 164 g/mol. The second-order valence-electron chi connectivity index (χ2n) is 2.55. The summed E-state index contributed by atoms with van der Waals surface area (Å²) in [5.41, 5.74) is 0.764. The first-order chi connectivity index (χ1) is 5.85. The van der Waals surface area contributed by atoms with Gasteiger partial charge in [-0.15, -0.1) is 0 Å². The number of hydrogen-bond acceptors (Lipinski definition) is 1. The van der Waals surface area contributed by atoms with Gasteiger partial charge in [-0.1, -0.05) is 50.6 Å². The lowest BCUT2D eigenvalue weighted by molar-refractivity contribution is -0.104. The van der Waals surface area contributed by atoms with E-state index in [0.717, 1.165) is 18.3 Å². The van der Waals surface area contributed by atoms with E-state index in [2.05, 4.69) is 13.8 Å². The molecule has 0 radical (unpaired) electrons. The molecule has 0 saturated carbocycles. The first-order valence-corrected chi connectivity index (χ1v) is 4.33. The molecule has 0 aliphatic heterocycles. The highest BCUT2D eigenvalue weighted by molar-refractivity contribution is 5.77. The monoisotopic (exact) mass is 164 g/mol. The van der Waals surface area contributed by atoms with Crippen molar-refractivity contribution in [2.24, 2.45) is 0 Å².